The number of aromatic nitrogens is 1. The molecule has 0 aliphatic rings. The summed E-state index contributed by atoms with van der Waals surface area (Å²) in [4.78, 5) is 27.1. The zero-order chi connectivity index (χ0) is 18.0. The molecule has 2 rings (SSSR count). The van der Waals surface area contributed by atoms with Crippen LogP contribution >= 0.6 is 0 Å². The first kappa shape index (κ1) is 17.7. The third kappa shape index (κ3) is 3.29. The standard InChI is InChI=1S/C17H17F2NO4/c1-8-14(17(22)23-4)9(2)20-15(8)16(21)10(3)24-11-5-6-12(18)13(19)7-11/h5-7,10,20H,1-4H3/t10-/m0/s1. The van der Waals surface area contributed by atoms with Crippen molar-refractivity contribution >= 4 is 11.8 Å². The monoisotopic (exact) mass is 337 g/mol. The molecule has 1 atom stereocenters. The topological polar surface area (TPSA) is 68.4 Å². The van der Waals surface area contributed by atoms with E-state index in [1.165, 1.54) is 20.1 Å². The summed E-state index contributed by atoms with van der Waals surface area (Å²) in [6, 6.07) is 3.02. The molecule has 0 fully saturated rings. The van der Waals surface area contributed by atoms with Crippen LogP contribution in [0.3, 0.4) is 0 Å². The van der Waals surface area contributed by atoms with Gasteiger partial charge in [-0.1, -0.05) is 0 Å². The molecule has 0 amide bonds. The Bertz CT molecular complexity index is 798. The predicted octanol–water partition coefficient (Wildman–Crippen LogP) is 3.35. The Balaban J connectivity index is 2.25. The first-order chi connectivity index (χ1) is 11.3. The maximum absolute atomic E-state index is 13.2. The Morgan fingerprint density at radius 3 is 2.42 bits per heavy atom. The second kappa shape index (κ2) is 6.82. The lowest BCUT2D eigenvalue weighted by molar-refractivity contribution is 0.0599. The fraction of sp³-hybridized carbons (Fsp3) is 0.294. The van der Waals surface area contributed by atoms with Crippen molar-refractivity contribution in [2.75, 3.05) is 7.11 Å². The Morgan fingerprint density at radius 2 is 1.83 bits per heavy atom. The van der Waals surface area contributed by atoms with Crippen LogP contribution in [0.25, 0.3) is 0 Å². The first-order valence-electron chi connectivity index (χ1n) is 7.19. The van der Waals surface area contributed by atoms with E-state index in [2.05, 4.69) is 4.98 Å². The van der Waals surface area contributed by atoms with Crippen LogP contribution in [0.1, 0.15) is 39.0 Å². The highest BCUT2D eigenvalue weighted by Crippen LogP contribution is 2.22. The van der Waals surface area contributed by atoms with E-state index in [-0.39, 0.29) is 11.4 Å². The molecule has 2 aromatic rings. The molecule has 0 bridgehead atoms. The van der Waals surface area contributed by atoms with Gasteiger partial charge in [0.1, 0.15) is 5.75 Å². The third-order valence-electron chi connectivity index (χ3n) is 3.65. The number of Topliss-reactive ketones (excluding diaryl/α,β-unsaturated/α-hetero) is 1. The summed E-state index contributed by atoms with van der Waals surface area (Å²) in [5, 5.41) is 0. The highest BCUT2D eigenvalue weighted by molar-refractivity contribution is 6.03. The normalized spacial score (nSPS) is 11.9. The number of methoxy groups -OCH3 is 1. The van der Waals surface area contributed by atoms with Gasteiger partial charge in [-0.3, -0.25) is 4.79 Å². The van der Waals surface area contributed by atoms with Gasteiger partial charge in [0, 0.05) is 11.8 Å². The second-order valence-corrected chi connectivity index (χ2v) is 5.32. The number of H-pyrrole nitrogens is 1. The molecule has 0 spiro atoms. The number of hydrogen-bond donors (Lipinski definition) is 1. The summed E-state index contributed by atoms with van der Waals surface area (Å²) in [7, 11) is 1.25. The van der Waals surface area contributed by atoms with Gasteiger partial charge in [0.2, 0.25) is 5.78 Å². The van der Waals surface area contributed by atoms with Crippen molar-refractivity contribution in [2.45, 2.75) is 26.9 Å². The van der Waals surface area contributed by atoms with Crippen LogP contribution in [0.4, 0.5) is 8.78 Å². The molecule has 24 heavy (non-hydrogen) atoms. The fourth-order valence-corrected chi connectivity index (χ4v) is 2.42. The minimum absolute atomic E-state index is 0.0314. The number of carbonyl (C=O) groups is 2. The number of carbonyl (C=O) groups excluding carboxylic acids is 2. The Hall–Kier alpha value is -2.70. The van der Waals surface area contributed by atoms with E-state index in [9.17, 15) is 18.4 Å². The molecular formula is C17H17F2NO4. The lowest BCUT2D eigenvalue weighted by atomic mass is 10.1. The number of benzene rings is 1. The van der Waals surface area contributed by atoms with Crippen LogP contribution in [0.15, 0.2) is 18.2 Å². The summed E-state index contributed by atoms with van der Waals surface area (Å²) >= 11 is 0. The number of ether oxygens (including phenoxy) is 2. The predicted molar refractivity (Wildman–Crippen MR) is 82.4 cm³/mol. The van der Waals surface area contributed by atoms with Gasteiger partial charge in [-0.05, 0) is 38.5 Å². The average Bonchev–Trinajstić information content (AvgIpc) is 2.84. The molecule has 1 heterocycles. The largest absolute Gasteiger partial charge is 0.482 e. The van der Waals surface area contributed by atoms with Crippen LogP contribution < -0.4 is 4.74 Å². The van der Waals surface area contributed by atoms with E-state index in [4.69, 9.17) is 9.47 Å². The van der Waals surface area contributed by atoms with Gasteiger partial charge in [0.25, 0.3) is 0 Å². The quantitative estimate of drug-likeness (QED) is 0.671. The summed E-state index contributed by atoms with van der Waals surface area (Å²) in [5.74, 6) is -3.00. The minimum atomic E-state index is -1.06. The summed E-state index contributed by atoms with van der Waals surface area (Å²) < 4.78 is 36.2. The number of halogens is 2. The number of ketones is 1. The lowest BCUT2D eigenvalue weighted by Gasteiger charge is -2.13. The highest BCUT2D eigenvalue weighted by atomic mass is 19.2. The molecule has 1 aromatic heterocycles. The molecule has 7 heteroatoms. The van der Waals surface area contributed by atoms with Gasteiger partial charge in [-0.2, -0.15) is 0 Å². The summed E-state index contributed by atoms with van der Waals surface area (Å²) in [6.07, 6.45) is -0.961. The van der Waals surface area contributed by atoms with E-state index in [1.54, 1.807) is 13.8 Å². The molecule has 0 radical (unpaired) electrons. The van der Waals surface area contributed by atoms with Gasteiger partial charge in [0.15, 0.2) is 17.7 Å². The van der Waals surface area contributed by atoms with Crippen molar-refractivity contribution < 1.29 is 27.8 Å². The first-order valence-corrected chi connectivity index (χ1v) is 7.19. The van der Waals surface area contributed by atoms with Crippen LogP contribution in [0.2, 0.25) is 0 Å². The van der Waals surface area contributed by atoms with E-state index in [1.807, 2.05) is 0 Å². The van der Waals surface area contributed by atoms with Crippen LogP contribution in [-0.4, -0.2) is 30.0 Å². The number of aryl methyl sites for hydroxylation is 1. The van der Waals surface area contributed by atoms with Crippen LogP contribution in [-0.2, 0) is 4.74 Å². The molecule has 0 aliphatic carbocycles. The van der Waals surface area contributed by atoms with E-state index in [0.717, 1.165) is 12.1 Å². The Morgan fingerprint density at radius 1 is 1.17 bits per heavy atom. The number of nitrogens with one attached hydrogen (secondary N) is 1. The molecule has 0 unspecified atom stereocenters. The van der Waals surface area contributed by atoms with Crippen LogP contribution in [0, 0.1) is 25.5 Å². The van der Waals surface area contributed by atoms with Gasteiger partial charge in [-0.15, -0.1) is 0 Å². The zero-order valence-electron chi connectivity index (χ0n) is 13.7. The lowest BCUT2D eigenvalue weighted by Crippen LogP contribution is -2.25. The van der Waals surface area contributed by atoms with Crippen molar-refractivity contribution in [3.8, 4) is 5.75 Å². The SMILES string of the molecule is COC(=O)c1c(C)[nH]c(C(=O)[C@H](C)Oc2ccc(F)c(F)c2)c1C. The molecule has 5 nitrogen and oxygen atoms in total. The van der Waals surface area contributed by atoms with Crippen molar-refractivity contribution in [1.29, 1.82) is 0 Å². The van der Waals surface area contributed by atoms with Crippen molar-refractivity contribution in [3.63, 3.8) is 0 Å². The summed E-state index contributed by atoms with van der Waals surface area (Å²) in [6.45, 7) is 4.75. The maximum Gasteiger partial charge on any atom is 0.339 e. The molecule has 0 saturated heterocycles. The average molecular weight is 337 g/mol. The van der Waals surface area contributed by atoms with Gasteiger partial charge in [-0.25, -0.2) is 13.6 Å². The van der Waals surface area contributed by atoms with Gasteiger partial charge < -0.3 is 14.5 Å². The minimum Gasteiger partial charge on any atom is -0.482 e. The number of aromatic amines is 1. The Kier molecular flexibility index (Phi) is 5.02. The summed E-state index contributed by atoms with van der Waals surface area (Å²) in [5.41, 5.74) is 1.46. The van der Waals surface area contributed by atoms with Gasteiger partial charge >= 0.3 is 5.97 Å². The molecular weight excluding hydrogens is 320 g/mol. The van der Waals surface area contributed by atoms with Crippen LogP contribution in [0.5, 0.6) is 5.75 Å². The van der Waals surface area contributed by atoms with Gasteiger partial charge in [0.05, 0.1) is 18.4 Å². The Labute approximate surface area is 137 Å². The number of rotatable bonds is 5. The molecule has 1 N–H and O–H groups in total. The third-order valence-corrected chi connectivity index (χ3v) is 3.65. The van der Waals surface area contributed by atoms with E-state index in [0.29, 0.717) is 16.8 Å². The van der Waals surface area contributed by atoms with Crippen molar-refractivity contribution in [3.05, 3.63) is 52.3 Å². The smallest absolute Gasteiger partial charge is 0.339 e. The molecule has 1 aromatic carbocycles. The molecule has 128 valence electrons. The zero-order valence-corrected chi connectivity index (χ0v) is 13.7. The van der Waals surface area contributed by atoms with E-state index < -0.39 is 29.5 Å². The molecule has 0 saturated carbocycles. The molecule has 0 aliphatic heterocycles. The number of hydrogen-bond acceptors (Lipinski definition) is 4. The fourth-order valence-electron chi connectivity index (χ4n) is 2.42. The maximum atomic E-state index is 13.2. The van der Waals surface area contributed by atoms with E-state index >= 15 is 0 Å². The second-order valence-electron chi connectivity index (χ2n) is 5.32. The van der Waals surface area contributed by atoms with Crippen molar-refractivity contribution in [1.82, 2.24) is 4.98 Å². The highest BCUT2D eigenvalue weighted by Gasteiger charge is 2.26. The number of esters is 1. The van der Waals surface area contributed by atoms with Crippen molar-refractivity contribution in [2.24, 2.45) is 0 Å².